The summed E-state index contributed by atoms with van der Waals surface area (Å²) in [4.78, 5) is 10.9. The average molecular weight is 405 g/mol. The first-order valence-electron chi connectivity index (χ1n) is 8.00. The van der Waals surface area contributed by atoms with Crippen LogP contribution in [-0.2, 0) is 31.2 Å². The zero-order chi connectivity index (χ0) is 19.5. The molecule has 2 atom stereocenters. The second-order valence-electron chi connectivity index (χ2n) is 6.17. The third kappa shape index (κ3) is 4.80. The fourth-order valence-electron chi connectivity index (χ4n) is 2.82. The van der Waals surface area contributed by atoms with Crippen molar-refractivity contribution in [1.29, 1.82) is 0 Å². The molecular formula is C15H23N3O6S2. The van der Waals surface area contributed by atoms with Gasteiger partial charge in [0.15, 0.2) is 9.84 Å². The lowest BCUT2D eigenvalue weighted by Gasteiger charge is -2.29. The van der Waals surface area contributed by atoms with E-state index in [0.29, 0.717) is 5.56 Å². The Balaban J connectivity index is 2.28. The van der Waals surface area contributed by atoms with Crippen molar-refractivity contribution < 1.29 is 26.7 Å². The molecule has 1 saturated heterocycles. The van der Waals surface area contributed by atoms with E-state index in [9.17, 15) is 26.7 Å². The number of nitrogens with two attached hydrogens (primary N) is 1. The number of carbonyl (C=O) groups excluding carboxylic acids is 1. The zero-order valence-electron chi connectivity index (χ0n) is 14.3. The monoisotopic (exact) mass is 405 g/mol. The van der Waals surface area contributed by atoms with Crippen molar-refractivity contribution in [2.75, 3.05) is 24.6 Å². The Kier molecular flexibility index (Phi) is 6.40. The first-order valence-corrected chi connectivity index (χ1v) is 11.3. The van der Waals surface area contributed by atoms with Crippen LogP contribution in [0.4, 0.5) is 0 Å². The van der Waals surface area contributed by atoms with Crippen LogP contribution in [0.3, 0.4) is 0 Å². The van der Waals surface area contributed by atoms with Gasteiger partial charge in [0, 0.05) is 26.6 Å². The van der Waals surface area contributed by atoms with Gasteiger partial charge < -0.3 is 16.2 Å². The van der Waals surface area contributed by atoms with Crippen LogP contribution in [0.1, 0.15) is 12.5 Å². The minimum Gasteiger partial charge on any atom is -0.390 e. The summed E-state index contributed by atoms with van der Waals surface area (Å²) in [5.41, 5.74) is 6.22. The van der Waals surface area contributed by atoms with Crippen LogP contribution in [0.2, 0.25) is 0 Å². The lowest BCUT2D eigenvalue weighted by molar-refractivity contribution is -0.119. The molecule has 1 aliphatic heterocycles. The van der Waals surface area contributed by atoms with Crippen molar-refractivity contribution in [3.63, 3.8) is 0 Å². The van der Waals surface area contributed by atoms with Crippen molar-refractivity contribution in [3.05, 3.63) is 29.8 Å². The van der Waals surface area contributed by atoms with E-state index < -0.39 is 43.5 Å². The van der Waals surface area contributed by atoms with E-state index in [1.165, 1.54) is 19.1 Å². The molecule has 0 radical (unpaired) electrons. The minimum absolute atomic E-state index is 0.0108. The van der Waals surface area contributed by atoms with Crippen LogP contribution < -0.4 is 11.1 Å². The minimum atomic E-state index is -4.04. The van der Waals surface area contributed by atoms with Crippen LogP contribution in [0.15, 0.2) is 29.2 Å². The smallest absolute Gasteiger partial charge is 0.243 e. The van der Waals surface area contributed by atoms with E-state index in [0.717, 1.165) is 4.31 Å². The number of rotatable bonds is 7. The highest BCUT2D eigenvalue weighted by atomic mass is 32.2. The highest BCUT2D eigenvalue weighted by Crippen LogP contribution is 2.25. The number of aliphatic hydroxyl groups excluding tert-OH is 1. The summed E-state index contributed by atoms with van der Waals surface area (Å²) in [6.07, 6.45) is -1.29. The summed E-state index contributed by atoms with van der Waals surface area (Å²) in [6, 6.07) is 4.82. The summed E-state index contributed by atoms with van der Waals surface area (Å²) in [5, 5.41) is 12.6. The second kappa shape index (κ2) is 8.01. The highest BCUT2D eigenvalue weighted by Gasteiger charge is 2.44. The van der Waals surface area contributed by atoms with E-state index >= 15 is 0 Å². The summed E-state index contributed by atoms with van der Waals surface area (Å²) in [6.45, 7) is 1.53. The number of carbonyl (C=O) groups is 1. The zero-order valence-corrected chi connectivity index (χ0v) is 16.0. The van der Waals surface area contributed by atoms with E-state index in [-0.39, 0.29) is 30.4 Å². The van der Waals surface area contributed by atoms with Crippen molar-refractivity contribution in [3.8, 4) is 0 Å². The Morgan fingerprint density at radius 2 is 1.92 bits per heavy atom. The van der Waals surface area contributed by atoms with E-state index in [1.807, 2.05) is 0 Å². The molecule has 0 aliphatic carbocycles. The number of hydrogen-bond acceptors (Lipinski definition) is 7. The predicted octanol–water partition coefficient (Wildman–Crippen LogP) is -1.57. The quantitative estimate of drug-likeness (QED) is 0.496. The molecule has 1 aromatic carbocycles. The molecule has 0 spiro atoms. The molecule has 146 valence electrons. The number of nitrogens with one attached hydrogen (secondary N) is 1. The molecular weight excluding hydrogens is 382 g/mol. The summed E-state index contributed by atoms with van der Waals surface area (Å²) >= 11 is 0. The van der Waals surface area contributed by atoms with E-state index in [4.69, 9.17) is 5.73 Å². The molecule has 11 heteroatoms. The van der Waals surface area contributed by atoms with Crippen LogP contribution in [0, 0.1) is 0 Å². The molecule has 0 bridgehead atoms. The third-order valence-electron chi connectivity index (χ3n) is 4.08. The van der Waals surface area contributed by atoms with Gasteiger partial charge in [0.2, 0.25) is 15.9 Å². The molecule has 1 aliphatic rings. The van der Waals surface area contributed by atoms with Gasteiger partial charge in [0.1, 0.15) is 0 Å². The van der Waals surface area contributed by atoms with Gasteiger partial charge in [-0.2, -0.15) is 4.31 Å². The first kappa shape index (κ1) is 20.8. The van der Waals surface area contributed by atoms with Crippen LogP contribution in [0.5, 0.6) is 0 Å². The topological polar surface area (TPSA) is 147 Å². The number of benzene rings is 1. The highest BCUT2D eigenvalue weighted by molar-refractivity contribution is 7.92. The maximum atomic E-state index is 12.9. The van der Waals surface area contributed by atoms with Gasteiger partial charge in [-0.25, -0.2) is 16.8 Å². The standard InChI is InChI=1S/C15H23N3O6S2/c1-11(19)17-8-12-2-4-13(5-3-12)26(23,24)18(7-6-16)14-9-25(21,22)10-15(14)20/h2-5,14-15,20H,6-10,16H2,1H3,(H,17,19)/t14-,15+/m1/s1. The fraction of sp³-hybridized carbons (Fsp3) is 0.533. The predicted molar refractivity (Wildman–Crippen MR) is 95.4 cm³/mol. The van der Waals surface area contributed by atoms with Crippen LogP contribution in [0.25, 0.3) is 0 Å². The number of nitrogens with zero attached hydrogens (tertiary/aromatic N) is 1. The van der Waals surface area contributed by atoms with Crippen LogP contribution in [-0.4, -0.2) is 68.9 Å². The van der Waals surface area contributed by atoms with Crippen molar-refractivity contribution >= 4 is 25.8 Å². The van der Waals surface area contributed by atoms with Crippen molar-refractivity contribution in [1.82, 2.24) is 9.62 Å². The molecule has 1 amide bonds. The van der Waals surface area contributed by atoms with Gasteiger partial charge in [0.05, 0.1) is 28.5 Å². The van der Waals surface area contributed by atoms with Gasteiger partial charge in [-0.05, 0) is 17.7 Å². The van der Waals surface area contributed by atoms with Crippen molar-refractivity contribution in [2.45, 2.75) is 30.5 Å². The number of sulfonamides is 1. The fourth-order valence-corrected chi connectivity index (χ4v) is 6.38. The number of hydrogen-bond donors (Lipinski definition) is 3. The van der Waals surface area contributed by atoms with E-state index in [1.54, 1.807) is 12.1 Å². The molecule has 1 fully saturated rings. The number of amides is 1. The Morgan fingerprint density at radius 1 is 1.31 bits per heavy atom. The van der Waals surface area contributed by atoms with Gasteiger partial charge in [0.25, 0.3) is 0 Å². The van der Waals surface area contributed by atoms with Crippen LogP contribution >= 0.6 is 0 Å². The Bertz CT molecular complexity index is 852. The third-order valence-corrected chi connectivity index (χ3v) is 7.72. The average Bonchev–Trinajstić information content (AvgIpc) is 2.83. The van der Waals surface area contributed by atoms with Gasteiger partial charge in [-0.1, -0.05) is 12.1 Å². The Labute approximate surface area is 153 Å². The van der Waals surface area contributed by atoms with E-state index in [2.05, 4.69) is 5.32 Å². The molecule has 4 N–H and O–H groups in total. The second-order valence-corrected chi connectivity index (χ2v) is 10.2. The molecule has 0 unspecified atom stereocenters. The molecule has 1 heterocycles. The Morgan fingerprint density at radius 3 is 2.38 bits per heavy atom. The molecule has 26 heavy (non-hydrogen) atoms. The molecule has 0 aromatic heterocycles. The van der Waals surface area contributed by atoms with Gasteiger partial charge in [-0.3, -0.25) is 4.79 Å². The summed E-state index contributed by atoms with van der Waals surface area (Å²) in [7, 11) is -7.55. The SMILES string of the molecule is CC(=O)NCc1ccc(S(=O)(=O)N(CCN)[C@@H]2CS(=O)(=O)C[C@@H]2O)cc1. The lowest BCUT2D eigenvalue weighted by Crippen LogP contribution is -2.48. The molecule has 0 saturated carbocycles. The summed E-state index contributed by atoms with van der Waals surface area (Å²) in [5.74, 6) is -1.11. The number of sulfone groups is 1. The van der Waals surface area contributed by atoms with Gasteiger partial charge >= 0.3 is 0 Å². The maximum Gasteiger partial charge on any atom is 0.243 e. The molecule has 1 aromatic rings. The largest absolute Gasteiger partial charge is 0.390 e. The first-order chi connectivity index (χ1) is 12.1. The number of aliphatic hydroxyl groups is 1. The van der Waals surface area contributed by atoms with Gasteiger partial charge in [-0.15, -0.1) is 0 Å². The maximum absolute atomic E-state index is 12.9. The molecule has 9 nitrogen and oxygen atoms in total. The summed E-state index contributed by atoms with van der Waals surface area (Å²) < 4.78 is 50.3. The van der Waals surface area contributed by atoms with Crippen molar-refractivity contribution in [2.24, 2.45) is 5.73 Å². The lowest BCUT2D eigenvalue weighted by atomic mass is 10.2. The normalized spacial score (nSPS) is 22.5. The Hall–Kier alpha value is -1.53. The molecule has 2 rings (SSSR count).